The summed E-state index contributed by atoms with van der Waals surface area (Å²) >= 11 is 0. The molecule has 3 heterocycles. The minimum absolute atomic E-state index is 0.0133. The van der Waals surface area contributed by atoms with Crippen LogP contribution in [0.25, 0.3) is 0 Å². The number of rotatable bonds is 5. The van der Waals surface area contributed by atoms with Crippen molar-refractivity contribution in [3.63, 3.8) is 0 Å². The van der Waals surface area contributed by atoms with Gasteiger partial charge in [-0.15, -0.1) is 0 Å². The van der Waals surface area contributed by atoms with E-state index in [2.05, 4.69) is 35.2 Å². The first kappa shape index (κ1) is 22.2. The Hall–Kier alpha value is -3.61. The molecule has 0 bridgehead atoms. The molecule has 1 fully saturated rings. The van der Waals surface area contributed by atoms with Crippen LogP contribution in [0.4, 0.5) is 17.1 Å². The minimum atomic E-state index is -0.0989. The Balaban J connectivity index is 1.31. The number of aryl methyl sites for hydroxylation is 1. The molecule has 176 valence electrons. The maximum Gasteiger partial charge on any atom is 0.257 e. The largest absolute Gasteiger partial charge is 0.371 e. The van der Waals surface area contributed by atoms with Crippen molar-refractivity contribution in [1.29, 1.82) is 0 Å². The quantitative estimate of drug-likeness (QED) is 0.621. The van der Waals surface area contributed by atoms with Crippen LogP contribution in [0, 0.1) is 12.8 Å². The second kappa shape index (κ2) is 9.33. The highest BCUT2D eigenvalue weighted by molar-refractivity contribution is 6.08. The van der Waals surface area contributed by atoms with E-state index in [1.54, 1.807) is 22.0 Å². The van der Waals surface area contributed by atoms with Gasteiger partial charge in [-0.05, 0) is 79.6 Å². The lowest BCUT2D eigenvalue weighted by Gasteiger charge is -2.33. The third-order valence-electron chi connectivity index (χ3n) is 6.91. The molecule has 0 unspecified atom stereocenters. The Labute approximate surface area is 200 Å². The number of carbonyl (C=O) groups excluding carboxylic acids is 2. The fourth-order valence-electron chi connectivity index (χ4n) is 4.90. The van der Waals surface area contributed by atoms with E-state index in [-0.39, 0.29) is 18.4 Å². The summed E-state index contributed by atoms with van der Waals surface area (Å²) in [5, 5.41) is 7.22. The van der Waals surface area contributed by atoms with Gasteiger partial charge in [0, 0.05) is 49.1 Å². The zero-order valence-corrected chi connectivity index (χ0v) is 19.8. The highest BCUT2D eigenvalue weighted by Crippen LogP contribution is 2.32. The van der Waals surface area contributed by atoms with Crippen LogP contribution < -0.4 is 15.1 Å². The van der Waals surface area contributed by atoms with Crippen molar-refractivity contribution < 1.29 is 9.59 Å². The van der Waals surface area contributed by atoms with E-state index >= 15 is 0 Å². The summed E-state index contributed by atoms with van der Waals surface area (Å²) < 4.78 is 1.64. The number of benzene rings is 2. The molecule has 7 nitrogen and oxygen atoms in total. The van der Waals surface area contributed by atoms with Crippen molar-refractivity contribution >= 4 is 28.9 Å². The van der Waals surface area contributed by atoms with E-state index in [9.17, 15) is 9.59 Å². The summed E-state index contributed by atoms with van der Waals surface area (Å²) in [5.74, 6) is 0.647. The Morgan fingerprint density at radius 2 is 1.88 bits per heavy atom. The van der Waals surface area contributed by atoms with Crippen molar-refractivity contribution in [3.05, 3.63) is 71.5 Å². The molecule has 3 aromatic rings. The van der Waals surface area contributed by atoms with Gasteiger partial charge in [0.1, 0.15) is 6.54 Å². The Kier molecular flexibility index (Phi) is 6.09. The molecule has 0 atom stereocenters. The molecule has 0 radical (unpaired) electrons. The van der Waals surface area contributed by atoms with E-state index in [1.807, 2.05) is 36.4 Å². The first-order valence-corrected chi connectivity index (χ1v) is 12.1. The van der Waals surface area contributed by atoms with E-state index in [4.69, 9.17) is 0 Å². The van der Waals surface area contributed by atoms with Gasteiger partial charge in [0.2, 0.25) is 5.91 Å². The summed E-state index contributed by atoms with van der Waals surface area (Å²) in [5.41, 5.74) is 5.61. The first-order valence-electron chi connectivity index (χ1n) is 12.1. The number of anilines is 3. The summed E-state index contributed by atoms with van der Waals surface area (Å²) in [7, 11) is 0. The van der Waals surface area contributed by atoms with Crippen molar-refractivity contribution in [2.45, 2.75) is 39.7 Å². The molecule has 7 heteroatoms. The van der Waals surface area contributed by atoms with Gasteiger partial charge in [-0.2, -0.15) is 5.10 Å². The van der Waals surface area contributed by atoms with Crippen LogP contribution in [0.15, 0.2) is 54.9 Å². The third kappa shape index (κ3) is 4.55. The predicted octanol–water partition coefficient (Wildman–Crippen LogP) is 4.27. The molecule has 2 aliphatic heterocycles. The average molecular weight is 458 g/mol. The molecule has 1 aromatic heterocycles. The van der Waals surface area contributed by atoms with Gasteiger partial charge in [0.05, 0.1) is 5.56 Å². The maximum absolute atomic E-state index is 13.3. The lowest BCUT2D eigenvalue weighted by Crippen LogP contribution is -2.34. The van der Waals surface area contributed by atoms with Crippen LogP contribution in [0.5, 0.6) is 0 Å². The van der Waals surface area contributed by atoms with Crippen molar-refractivity contribution in [1.82, 2.24) is 9.78 Å². The van der Waals surface area contributed by atoms with Crippen LogP contribution >= 0.6 is 0 Å². The number of hydrogen-bond acceptors (Lipinski definition) is 4. The average Bonchev–Trinajstić information content (AvgIpc) is 3.49. The molecule has 2 aliphatic rings. The molecule has 2 aromatic carbocycles. The van der Waals surface area contributed by atoms with Gasteiger partial charge in [0.15, 0.2) is 0 Å². The van der Waals surface area contributed by atoms with Crippen LogP contribution in [0.1, 0.15) is 41.3 Å². The zero-order chi connectivity index (χ0) is 23.7. The Bertz CT molecular complexity index is 1200. The highest BCUT2D eigenvalue weighted by Gasteiger charge is 2.26. The topological polar surface area (TPSA) is 70.5 Å². The number of fused-ring (bicyclic) bond motifs is 1. The third-order valence-corrected chi connectivity index (χ3v) is 6.91. The maximum atomic E-state index is 13.3. The molecule has 0 aliphatic carbocycles. The molecule has 2 amide bonds. The van der Waals surface area contributed by atoms with Gasteiger partial charge >= 0.3 is 0 Å². The Morgan fingerprint density at radius 3 is 2.65 bits per heavy atom. The monoisotopic (exact) mass is 457 g/mol. The molecule has 34 heavy (non-hydrogen) atoms. The zero-order valence-electron chi connectivity index (χ0n) is 19.8. The number of nitrogens with one attached hydrogen (secondary N) is 1. The second-order valence-electron chi connectivity index (χ2n) is 9.49. The number of hydrogen-bond donors (Lipinski definition) is 1. The predicted molar refractivity (Wildman–Crippen MR) is 134 cm³/mol. The Morgan fingerprint density at radius 1 is 1.06 bits per heavy atom. The smallest absolute Gasteiger partial charge is 0.257 e. The standard InChI is InChI=1S/C27H31N5O2/c1-19-8-13-30(14-9-19)25-16-20(2)4-6-23(25)27(34)29-22-5-7-24-21(17-22)10-15-32(24)26(33)18-31-12-3-11-28-31/h3-7,11-12,16-17,19H,8-10,13-15,18H2,1-2H3,(H,29,34). The second-order valence-corrected chi connectivity index (χ2v) is 9.49. The van der Waals surface area contributed by atoms with Gasteiger partial charge < -0.3 is 15.1 Å². The van der Waals surface area contributed by atoms with E-state index in [0.717, 1.165) is 66.5 Å². The normalized spacial score (nSPS) is 15.9. The molecule has 1 N–H and O–H groups in total. The van der Waals surface area contributed by atoms with Gasteiger partial charge in [-0.25, -0.2) is 0 Å². The first-order chi connectivity index (χ1) is 16.5. The molecule has 1 saturated heterocycles. The van der Waals surface area contributed by atoms with E-state index < -0.39 is 0 Å². The SMILES string of the molecule is Cc1ccc(C(=O)Nc2ccc3c(c2)CCN3C(=O)Cn2cccn2)c(N2CCC(C)CC2)c1. The number of piperidine rings is 1. The fraction of sp³-hybridized carbons (Fsp3) is 0.370. The number of nitrogens with zero attached hydrogens (tertiary/aromatic N) is 4. The van der Waals surface area contributed by atoms with Gasteiger partial charge in [-0.1, -0.05) is 13.0 Å². The van der Waals surface area contributed by atoms with Crippen molar-refractivity contribution in [3.8, 4) is 0 Å². The molecule has 0 spiro atoms. The van der Waals surface area contributed by atoms with Crippen LogP contribution in [0.3, 0.4) is 0 Å². The lowest BCUT2D eigenvalue weighted by molar-refractivity contribution is -0.119. The van der Waals surface area contributed by atoms with Crippen LogP contribution in [0.2, 0.25) is 0 Å². The number of aromatic nitrogens is 2. The number of amides is 2. The van der Waals surface area contributed by atoms with E-state index in [0.29, 0.717) is 12.1 Å². The highest BCUT2D eigenvalue weighted by atomic mass is 16.2. The summed E-state index contributed by atoms with van der Waals surface area (Å²) in [6, 6.07) is 13.7. The van der Waals surface area contributed by atoms with Crippen molar-refractivity contribution in [2.24, 2.45) is 5.92 Å². The summed E-state index contributed by atoms with van der Waals surface area (Å²) in [4.78, 5) is 30.2. The van der Waals surface area contributed by atoms with Crippen LogP contribution in [-0.2, 0) is 17.8 Å². The number of carbonyl (C=O) groups is 2. The van der Waals surface area contributed by atoms with Crippen molar-refractivity contribution in [2.75, 3.05) is 34.8 Å². The summed E-state index contributed by atoms with van der Waals surface area (Å²) in [6.45, 7) is 7.18. The summed E-state index contributed by atoms with van der Waals surface area (Å²) in [6.07, 6.45) is 6.53. The van der Waals surface area contributed by atoms with Crippen LogP contribution in [-0.4, -0.2) is 41.2 Å². The molecule has 0 saturated carbocycles. The van der Waals surface area contributed by atoms with Gasteiger partial charge in [0.25, 0.3) is 5.91 Å². The fourth-order valence-corrected chi connectivity index (χ4v) is 4.90. The molecule has 5 rings (SSSR count). The molecular formula is C27H31N5O2. The van der Waals surface area contributed by atoms with E-state index in [1.165, 1.54) is 0 Å². The lowest BCUT2D eigenvalue weighted by atomic mass is 9.97. The van der Waals surface area contributed by atoms with Gasteiger partial charge in [-0.3, -0.25) is 14.3 Å². The minimum Gasteiger partial charge on any atom is -0.371 e. The molecular weight excluding hydrogens is 426 g/mol.